The molecule has 0 N–H and O–H groups in total. The van der Waals surface area contributed by atoms with Crippen molar-refractivity contribution >= 4 is 27.2 Å². The lowest BCUT2D eigenvalue weighted by Gasteiger charge is -2.49. The predicted octanol–water partition coefficient (Wildman–Crippen LogP) is 5.79. The topological polar surface area (TPSA) is 35.9 Å². The van der Waals surface area contributed by atoms with Crippen molar-refractivity contribution in [3.05, 3.63) is 35.9 Å². The number of hydrogen-bond acceptors (Lipinski definition) is 3. The van der Waals surface area contributed by atoms with Crippen LogP contribution in [0.2, 0.25) is 0 Å². The molecule has 0 radical (unpaired) electrons. The minimum Gasteiger partial charge on any atom is -0.300 e. The molecule has 3 fully saturated rings. The molecule has 2 heterocycles. The zero-order valence-electron chi connectivity index (χ0n) is 17.4. The number of carbonyl (C=O) groups is 1. The van der Waals surface area contributed by atoms with Gasteiger partial charge in [0.05, 0.1) is 21.3 Å². The third-order valence-electron chi connectivity index (χ3n) is 7.95. The lowest BCUT2D eigenvalue weighted by molar-refractivity contribution is -0.129. The molecule has 4 aliphatic rings. The molecule has 0 unspecified atom stereocenters. The van der Waals surface area contributed by atoms with E-state index in [-0.39, 0.29) is 11.4 Å². The maximum atomic E-state index is 13.0. The first-order valence-electron chi connectivity index (χ1n) is 11.8. The van der Waals surface area contributed by atoms with Crippen LogP contribution in [0.25, 0.3) is 0 Å². The van der Waals surface area contributed by atoms with Crippen LogP contribution in [0, 0.1) is 0 Å². The molecule has 158 valence electrons. The van der Waals surface area contributed by atoms with Gasteiger partial charge in [0.2, 0.25) is 0 Å². The Balaban J connectivity index is 1.30. The second-order valence-corrected chi connectivity index (χ2v) is 11.5. The van der Waals surface area contributed by atoms with Gasteiger partial charge < -0.3 is 0 Å². The number of hydrogen-bond donors (Lipinski definition) is 0. The van der Waals surface area contributed by atoms with Crippen LogP contribution in [0.1, 0.15) is 82.1 Å². The van der Waals surface area contributed by atoms with Crippen LogP contribution in [0.5, 0.6) is 0 Å². The van der Waals surface area contributed by atoms with Crippen LogP contribution >= 0.6 is 21.3 Å². The highest BCUT2D eigenvalue weighted by atomic mass is 127. The molecule has 2 atom stereocenters. The molecule has 5 rings (SSSR count). The molecule has 0 bridgehead atoms. The van der Waals surface area contributed by atoms with Gasteiger partial charge in [-0.25, -0.2) is 3.11 Å². The van der Waals surface area contributed by atoms with Crippen molar-refractivity contribution in [3.63, 3.8) is 0 Å². The second-order valence-electron chi connectivity index (χ2n) is 9.50. The monoisotopic (exact) mass is 507 g/mol. The zero-order valence-corrected chi connectivity index (χ0v) is 19.6. The summed E-state index contributed by atoms with van der Waals surface area (Å²) in [6.45, 7) is 2.14. The van der Waals surface area contributed by atoms with Crippen LogP contribution in [-0.4, -0.2) is 44.6 Å². The molecule has 0 aromatic heterocycles. The lowest BCUT2D eigenvalue weighted by Crippen LogP contribution is -2.59. The molecule has 4 nitrogen and oxygen atoms in total. The van der Waals surface area contributed by atoms with E-state index in [1.165, 1.54) is 63.4 Å². The SMILES string of the molecule is O=C1N=IN(C2CCCCC2)C12CCN([C@H]1CCCC[C@H]1c1ccccc1)CC2. The Morgan fingerprint density at radius 2 is 1.59 bits per heavy atom. The normalized spacial score (nSPS) is 31.8. The minimum atomic E-state index is -0.449. The molecule has 1 aromatic carbocycles. The van der Waals surface area contributed by atoms with Crippen LogP contribution in [0.3, 0.4) is 0 Å². The van der Waals surface area contributed by atoms with Crippen molar-refractivity contribution < 1.29 is 4.79 Å². The van der Waals surface area contributed by atoms with E-state index in [9.17, 15) is 4.79 Å². The molecular formula is C24H34IN3O. The summed E-state index contributed by atoms with van der Waals surface area (Å²) in [6, 6.07) is 12.4. The molecule has 1 spiro atoms. The van der Waals surface area contributed by atoms with E-state index in [4.69, 9.17) is 0 Å². The molecular weight excluding hydrogens is 473 g/mol. The van der Waals surface area contributed by atoms with Crippen molar-refractivity contribution in [2.45, 2.75) is 94.2 Å². The second kappa shape index (κ2) is 8.83. The van der Waals surface area contributed by atoms with Crippen LogP contribution < -0.4 is 0 Å². The molecule has 1 saturated heterocycles. The Hall–Kier alpha value is -0.660. The molecule has 2 aliphatic carbocycles. The number of amides is 1. The average Bonchev–Trinajstić information content (AvgIpc) is 3.11. The van der Waals surface area contributed by atoms with Gasteiger partial charge in [0, 0.05) is 25.2 Å². The van der Waals surface area contributed by atoms with Gasteiger partial charge in [-0.2, -0.15) is 3.15 Å². The number of carbonyl (C=O) groups excluding carboxylic acids is 1. The first-order valence-corrected chi connectivity index (χ1v) is 13.7. The van der Waals surface area contributed by atoms with Crippen molar-refractivity contribution in [2.75, 3.05) is 13.1 Å². The summed E-state index contributed by atoms with van der Waals surface area (Å²) in [5.41, 5.74) is 1.28. The fourth-order valence-corrected chi connectivity index (χ4v) is 9.22. The van der Waals surface area contributed by atoms with Gasteiger partial charge in [0.1, 0.15) is 5.54 Å². The number of halogens is 1. The predicted molar refractivity (Wildman–Crippen MR) is 125 cm³/mol. The van der Waals surface area contributed by atoms with Crippen LogP contribution in [0.4, 0.5) is 0 Å². The summed E-state index contributed by atoms with van der Waals surface area (Å²) < 4.78 is 7.19. The third kappa shape index (κ3) is 3.87. The van der Waals surface area contributed by atoms with Gasteiger partial charge in [0.15, 0.2) is 0 Å². The van der Waals surface area contributed by atoms with Crippen molar-refractivity contribution in [1.82, 2.24) is 8.01 Å². The Morgan fingerprint density at radius 1 is 0.897 bits per heavy atom. The summed E-state index contributed by atoms with van der Waals surface area (Å²) in [7, 11) is 0. The fourth-order valence-electron chi connectivity index (χ4n) is 6.33. The van der Waals surface area contributed by atoms with E-state index in [0.29, 0.717) is 18.0 Å². The summed E-state index contributed by atoms with van der Waals surface area (Å²) >= 11 is -0.449. The van der Waals surface area contributed by atoms with Gasteiger partial charge in [-0.1, -0.05) is 62.4 Å². The van der Waals surface area contributed by atoms with E-state index in [0.717, 1.165) is 25.9 Å². The van der Waals surface area contributed by atoms with Gasteiger partial charge in [-0.05, 0) is 50.0 Å². The highest BCUT2D eigenvalue weighted by Gasteiger charge is 2.52. The largest absolute Gasteiger partial charge is 0.300 e. The zero-order chi connectivity index (χ0) is 19.7. The average molecular weight is 507 g/mol. The minimum absolute atomic E-state index is 0.233. The number of nitrogens with zero attached hydrogens (tertiary/aromatic N) is 3. The number of piperidine rings is 1. The highest BCUT2D eigenvalue weighted by molar-refractivity contribution is 14.1. The van der Waals surface area contributed by atoms with Gasteiger partial charge in [0.25, 0.3) is 5.91 Å². The fraction of sp³-hybridized carbons (Fsp3) is 0.708. The summed E-state index contributed by atoms with van der Waals surface area (Å²) in [6.07, 6.45) is 13.9. The molecule has 29 heavy (non-hydrogen) atoms. The summed E-state index contributed by atoms with van der Waals surface area (Å²) in [5, 5.41) is 0. The maximum Gasteiger partial charge on any atom is 0.272 e. The standard InChI is InChI=1S/C24H34IN3O/c29-23-24(28(25-26-23)20-11-5-2-6-12-20)15-17-27(18-16-24)22-14-8-7-13-21(22)19-9-3-1-4-10-19/h1,3-4,9-10,20-22H,2,5-8,11-18H2/t21-,22-/m0/s1. The van der Waals surface area contributed by atoms with Gasteiger partial charge in [-0.15, -0.1) is 0 Å². The number of likely N-dealkylation sites (tertiary alicyclic amines) is 1. The first-order chi connectivity index (χ1) is 14.3. The smallest absolute Gasteiger partial charge is 0.272 e. The third-order valence-corrected chi connectivity index (χ3v) is 10.8. The van der Waals surface area contributed by atoms with Crippen molar-refractivity contribution in [1.29, 1.82) is 0 Å². The van der Waals surface area contributed by atoms with E-state index < -0.39 is 21.3 Å². The Labute approximate surface area is 185 Å². The highest BCUT2D eigenvalue weighted by Crippen LogP contribution is 2.47. The van der Waals surface area contributed by atoms with Crippen LogP contribution in [-0.2, 0) is 4.79 Å². The number of benzene rings is 1. The molecule has 2 aliphatic heterocycles. The summed E-state index contributed by atoms with van der Waals surface area (Å²) in [5.74, 6) is 0.892. The molecule has 1 aromatic rings. The van der Waals surface area contributed by atoms with Gasteiger partial charge in [-0.3, -0.25) is 9.69 Å². The Kier molecular flexibility index (Phi) is 6.17. The van der Waals surface area contributed by atoms with Crippen LogP contribution in [0.15, 0.2) is 33.5 Å². The molecule has 5 heteroatoms. The van der Waals surface area contributed by atoms with Crippen molar-refractivity contribution in [3.8, 4) is 0 Å². The van der Waals surface area contributed by atoms with Gasteiger partial charge >= 0.3 is 0 Å². The maximum absolute atomic E-state index is 13.0. The Morgan fingerprint density at radius 3 is 2.34 bits per heavy atom. The lowest BCUT2D eigenvalue weighted by atomic mass is 9.77. The van der Waals surface area contributed by atoms with E-state index in [1.807, 2.05) is 0 Å². The van der Waals surface area contributed by atoms with E-state index >= 15 is 0 Å². The van der Waals surface area contributed by atoms with E-state index in [1.54, 1.807) is 0 Å². The number of rotatable bonds is 3. The van der Waals surface area contributed by atoms with E-state index in [2.05, 4.69) is 41.5 Å². The summed E-state index contributed by atoms with van der Waals surface area (Å²) in [4.78, 5) is 15.7. The Bertz CT molecular complexity index is 738. The van der Waals surface area contributed by atoms with Crippen molar-refractivity contribution in [2.24, 2.45) is 3.15 Å². The first kappa shape index (κ1) is 20.3. The quantitative estimate of drug-likeness (QED) is 0.384. The molecule has 2 saturated carbocycles. The molecule has 1 amide bonds.